The van der Waals surface area contributed by atoms with Gasteiger partial charge in [0.1, 0.15) is 6.04 Å². The highest BCUT2D eigenvalue weighted by Gasteiger charge is 2.35. The number of hydrogen-bond acceptors (Lipinski definition) is 8. The van der Waals surface area contributed by atoms with Crippen molar-refractivity contribution < 1.29 is 19.0 Å². The summed E-state index contributed by atoms with van der Waals surface area (Å²) in [6.07, 6.45) is 1.000. The summed E-state index contributed by atoms with van der Waals surface area (Å²) in [5.74, 6) is 2.67. The average Bonchev–Trinajstić information content (AvgIpc) is 3.27. The maximum absolute atomic E-state index is 13.7. The highest BCUT2D eigenvalue weighted by molar-refractivity contribution is 7.99. The minimum atomic E-state index is -0.580. The van der Waals surface area contributed by atoms with Crippen LogP contribution in [0.1, 0.15) is 37.4 Å². The molecule has 190 valence electrons. The molecule has 1 atom stereocenters. The van der Waals surface area contributed by atoms with Crippen LogP contribution in [0.5, 0.6) is 17.2 Å². The number of anilines is 2. The summed E-state index contributed by atoms with van der Waals surface area (Å²) in [6.45, 7) is 5.96. The van der Waals surface area contributed by atoms with Gasteiger partial charge in [-0.25, -0.2) is 4.68 Å². The van der Waals surface area contributed by atoms with Crippen LogP contribution in [-0.2, 0) is 4.79 Å². The number of amides is 1. The van der Waals surface area contributed by atoms with Crippen molar-refractivity contribution >= 4 is 29.3 Å². The zero-order valence-corrected chi connectivity index (χ0v) is 22.2. The van der Waals surface area contributed by atoms with E-state index in [9.17, 15) is 4.79 Å². The molecule has 3 aromatic rings. The Morgan fingerprint density at radius 2 is 1.83 bits per heavy atom. The predicted molar refractivity (Wildman–Crippen MR) is 141 cm³/mol. The summed E-state index contributed by atoms with van der Waals surface area (Å²) in [5.41, 5.74) is 3.71. The van der Waals surface area contributed by atoms with Crippen LogP contribution in [0.15, 0.2) is 52.8 Å². The fraction of sp³-hybridized carbons (Fsp3) is 0.346. The summed E-state index contributed by atoms with van der Waals surface area (Å²) in [7, 11) is 4.69. The molecule has 1 aliphatic heterocycles. The van der Waals surface area contributed by atoms with E-state index in [0.29, 0.717) is 45.3 Å². The fourth-order valence-electron chi connectivity index (χ4n) is 4.17. The smallest absolute Gasteiger partial charge is 0.255 e. The highest BCUT2D eigenvalue weighted by Crippen LogP contribution is 2.44. The van der Waals surface area contributed by atoms with Crippen molar-refractivity contribution in [2.24, 2.45) is 0 Å². The number of allylic oxidation sites excluding steroid dienone is 1. The number of fused-ring (bicyclic) bond motifs is 1. The number of rotatable bonds is 9. The lowest BCUT2D eigenvalue weighted by Crippen LogP contribution is -2.31. The molecule has 10 heteroatoms. The van der Waals surface area contributed by atoms with Crippen LogP contribution >= 0.6 is 11.8 Å². The van der Waals surface area contributed by atoms with Crippen LogP contribution in [-0.4, -0.2) is 47.8 Å². The Bertz CT molecular complexity index is 1280. The fourth-order valence-corrected chi connectivity index (χ4v) is 4.85. The van der Waals surface area contributed by atoms with Crippen molar-refractivity contribution in [3.05, 3.63) is 58.8 Å². The molecule has 2 heterocycles. The van der Waals surface area contributed by atoms with Gasteiger partial charge in [-0.2, -0.15) is 4.98 Å². The molecular weight excluding hydrogens is 478 g/mol. The van der Waals surface area contributed by atoms with Crippen molar-refractivity contribution in [3.63, 3.8) is 0 Å². The van der Waals surface area contributed by atoms with Gasteiger partial charge in [0.25, 0.3) is 5.91 Å². The molecule has 9 nitrogen and oxygen atoms in total. The molecule has 1 aromatic heterocycles. The molecule has 4 rings (SSSR count). The van der Waals surface area contributed by atoms with Gasteiger partial charge in [0.15, 0.2) is 11.5 Å². The Balaban J connectivity index is 1.85. The first kappa shape index (κ1) is 25.4. The molecule has 1 unspecified atom stereocenters. The van der Waals surface area contributed by atoms with Gasteiger partial charge < -0.3 is 24.8 Å². The molecule has 2 aromatic carbocycles. The van der Waals surface area contributed by atoms with Crippen LogP contribution in [0, 0.1) is 6.92 Å². The second kappa shape index (κ2) is 10.9. The molecule has 0 spiro atoms. The molecule has 0 saturated carbocycles. The summed E-state index contributed by atoms with van der Waals surface area (Å²) in [4.78, 5) is 18.4. The molecule has 36 heavy (non-hydrogen) atoms. The monoisotopic (exact) mass is 509 g/mol. The Morgan fingerprint density at radius 1 is 1.11 bits per heavy atom. The van der Waals surface area contributed by atoms with Gasteiger partial charge in [0.2, 0.25) is 16.9 Å². The first-order valence-electron chi connectivity index (χ1n) is 11.6. The normalized spacial score (nSPS) is 14.7. The van der Waals surface area contributed by atoms with Gasteiger partial charge >= 0.3 is 0 Å². The van der Waals surface area contributed by atoms with Gasteiger partial charge in [-0.05, 0) is 55.7 Å². The molecule has 0 fully saturated rings. The number of hydrogen-bond donors (Lipinski definition) is 2. The number of benzene rings is 2. The maximum Gasteiger partial charge on any atom is 0.255 e. The number of thioether (sulfide) groups is 1. The number of methoxy groups -OCH3 is 3. The van der Waals surface area contributed by atoms with Crippen LogP contribution in [0.25, 0.3) is 0 Å². The Kier molecular flexibility index (Phi) is 7.73. The topological polar surface area (TPSA) is 99.5 Å². The first-order valence-corrected chi connectivity index (χ1v) is 12.6. The second-order valence-corrected chi connectivity index (χ2v) is 9.42. The van der Waals surface area contributed by atoms with E-state index in [2.05, 4.69) is 22.5 Å². The van der Waals surface area contributed by atoms with Crippen LogP contribution in [0.3, 0.4) is 0 Å². The summed E-state index contributed by atoms with van der Waals surface area (Å²) in [6, 6.07) is 10.8. The van der Waals surface area contributed by atoms with Gasteiger partial charge in [-0.3, -0.25) is 4.79 Å². The lowest BCUT2D eigenvalue weighted by Gasteiger charge is -2.29. The number of ether oxygens (including phenoxy) is 3. The maximum atomic E-state index is 13.7. The lowest BCUT2D eigenvalue weighted by atomic mass is 9.94. The van der Waals surface area contributed by atoms with E-state index in [0.717, 1.165) is 23.3 Å². The van der Waals surface area contributed by atoms with Crippen molar-refractivity contribution in [2.75, 3.05) is 37.7 Å². The third-order valence-corrected chi connectivity index (χ3v) is 6.84. The van der Waals surface area contributed by atoms with E-state index in [1.54, 1.807) is 37.8 Å². The van der Waals surface area contributed by atoms with Crippen LogP contribution < -0.4 is 24.8 Å². The van der Waals surface area contributed by atoms with Crippen molar-refractivity contribution in [3.8, 4) is 17.2 Å². The minimum absolute atomic E-state index is 0.242. The van der Waals surface area contributed by atoms with Gasteiger partial charge in [-0.15, -0.1) is 5.10 Å². The van der Waals surface area contributed by atoms with E-state index in [1.807, 2.05) is 50.2 Å². The number of carbonyl (C=O) groups excluding carboxylic acids is 1. The first-order chi connectivity index (χ1) is 17.4. The Hall–Kier alpha value is -3.66. The van der Waals surface area contributed by atoms with Gasteiger partial charge in [0, 0.05) is 17.1 Å². The standard InChI is InChI=1S/C26H31N5O4S/c1-7-11-36-26-29-25-27-16(3)21(24(32)28-18-10-8-9-15(2)12-18)22(31(25)30-26)17-13-19(33-4)23(35-6)20(14-17)34-5/h8-10,12-14,22H,7,11H2,1-6H3,(H,28,32)(H,27,29,30). The van der Waals surface area contributed by atoms with Crippen LogP contribution in [0.4, 0.5) is 11.6 Å². The van der Waals surface area contributed by atoms with Crippen molar-refractivity contribution in [1.82, 2.24) is 14.8 Å². The molecule has 0 radical (unpaired) electrons. The summed E-state index contributed by atoms with van der Waals surface area (Å²) >= 11 is 1.58. The highest BCUT2D eigenvalue weighted by atomic mass is 32.2. The molecule has 0 saturated heterocycles. The zero-order valence-electron chi connectivity index (χ0n) is 21.3. The van der Waals surface area contributed by atoms with E-state index < -0.39 is 6.04 Å². The number of aromatic nitrogens is 3. The number of aryl methyl sites for hydroxylation is 1. The molecule has 0 bridgehead atoms. The van der Waals surface area contributed by atoms with Crippen LogP contribution in [0.2, 0.25) is 0 Å². The van der Waals surface area contributed by atoms with Crippen molar-refractivity contribution in [1.29, 1.82) is 0 Å². The van der Waals surface area contributed by atoms with Gasteiger partial charge in [-0.1, -0.05) is 30.8 Å². The lowest BCUT2D eigenvalue weighted by molar-refractivity contribution is -0.113. The third-order valence-electron chi connectivity index (χ3n) is 5.79. The number of carbonyl (C=O) groups is 1. The number of nitrogens with one attached hydrogen (secondary N) is 2. The van der Waals surface area contributed by atoms with E-state index in [1.165, 1.54) is 0 Å². The molecule has 0 aliphatic carbocycles. The largest absolute Gasteiger partial charge is 0.493 e. The zero-order chi connectivity index (χ0) is 25.8. The second-order valence-electron chi connectivity index (χ2n) is 8.36. The SMILES string of the molecule is CCCSc1nc2n(n1)C(c1cc(OC)c(OC)c(OC)c1)C(C(=O)Nc1cccc(C)c1)=C(C)N2. The quantitative estimate of drug-likeness (QED) is 0.387. The number of nitrogens with zero attached hydrogens (tertiary/aromatic N) is 3. The van der Waals surface area contributed by atoms with Crippen molar-refractivity contribution in [2.45, 2.75) is 38.4 Å². The minimum Gasteiger partial charge on any atom is -0.493 e. The molecular formula is C26H31N5O4S. The van der Waals surface area contributed by atoms with E-state index in [4.69, 9.17) is 19.3 Å². The Morgan fingerprint density at radius 3 is 2.44 bits per heavy atom. The van der Waals surface area contributed by atoms with E-state index in [-0.39, 0.29) is 5.91 Å². The summed E-state index contributed by atoms with van der Waals surface area (Å²) < 4.78 is 18.5. The molecule has 2 N–H and O–H groups in total. The molecule has 1 aliphatic rings. The third kappa shape index (κ3) is 4.99. The summed E-state index contributed by atoms with van der Waals surface area (Å²) in [5, 5.41) is 11.7. The molecule has 1 amide bonds. The van der Waals surface area contributed by atoms with E-state index >= 15 is 0 Å². The predicted octanol–water partition coefficient (Wildman–Crippen LogP) is 5.04. The Labute approximate surface area is 215 Å². The van der Waals surface area contributed by atoms with Gasteiger partial charge in [0.05, 0.1) is 26.9 Å². The average molecular weight is 510 g/mol.